The maximum Gasteiger partial charge on any atom is 0.161 e. The summed E-state index contributed by atoms with van der Waals surface area (Å²) in [6.45, 7) is 11.3. The number of likely N-dealkylation sites (tertiary alicyclic amines) is 1. The molecule has 2 fully saturated rings. The predicted molar refractivity (Wildman–Crippen MR) is 108 cm³/mol. The topological polar surface area (TPSA) is 18.5 Å². The maximum atomic E-state index is 6.41. The Kier molecular flexibility index (Phi) is 6.98. The number of allylic oxidation sites excluding steroid dienone is 4. The first kappa shape index (κ1) is 20.1. The highest BCUT2D eigenvalue weighted by atomic mass is 16.7. The van der Waals surface area contributed by atoms with E-state index < -0.39 is 0 Å². The summed E-state index contributed by atoms with van der Waals surface area (Å²) in [6.07, 6.45) is 14.0. The lowest BCUT2D eigenvalue weighted by molar-refractivity contribution is -0.916. The van der Waals surface area contributed by atoms with Gasteiger partial charge in [0.05, 0.1) is 26.7 Å². The molecule has 3 aliphatic rings. The fraction of sp³-hybridized carbons (Fsp3) is 0.826. The second kappa shape index (κ2) is 9.03. The molecule has 0 aromatic carbocycles. The van der Waals surface area contributed by atoms with E-state index in [0.29, 0.717) is 17.9 Å². The Balaban J connectivity index is 1.48. The Labute approximate surface area is 161 Å². The highest BCUT2D eigenvalue weighted by Gasteiger charge is 2.40. The van der Waals surface area contributed by atoms with Crippen molar-refractivity contribution in [3.05, 3.63) is 23.3 Å². The van der Waals surface area contributed by atoms with Gasteiger partial charge in [0.15, 0.2) is 6.29 Å². The molecule has 0 N–H and O–H groups in total. The van der Waals surface area contributed by atoms with E-state index in [9.17, 15) is 0 Å². The van der Waals surface area contributed by atoms with Crippen molar-refractivity contribution >= 4 is 0 Å². The summed E-state index contributed by atoms with van der Waals surface area (Å²) in [5, 5.41) is 0. The van der Waals surface area contributed by atoms with Crippen LogP contribution in [0.25, 0.3) is 0 Å². The average Bonchev–Trinajstić information content (AvgIpc) is 3.02. The van der Waals surface area contributed by atoms with Gasteiger partial charge < -0.3 is 14.0 Å². The fourth-order valence-electron chi connectivity index (χ4n) is 5.05. The lowest BCUT2D eigenvalue weighted by atomic mass is 9.79. The molecule has 0 saturated carbocycles. The van der Waals surface area contributed by atoms with Crippen molar-refractivity contribution in [3.63, 3.8) is 0 Å². The Hall–Kier alpha value is -0.640. The van der Waals surface area contributed by atoms with Gasteiger partial charge in [-0.2, -0.15) is 0 Å². The zero-order valence-electron chi connectivity index (χ0n) is 17.5. The number of hydrogen-bond acceptors (Lipinski definition) is 2. The second-order valence-corrected chi connectivity index (χ2v) is 9.53. The molecule has 2 aliphatic heterocycles. The summed E-state index contributed by atoms with van der Waals surface area (Å²) in [4.78, 5) is 0. The van der Waals surface area contributed by atoms with E-state index in [1.807, 2.05) is 0 Å². The quantitative estimate of drug-likeness (QED) is 0.485. The molecule has 0 aromatic rings. The molecule has 2 heterocycles. The van der Waals surface area contributed by atoms with Crippen molar-refractivity contribution in [2.24, 2.45) is 11.8 Å². The van der Waals surface area contributed by atoms with Gasteiger partial charge in [-0.25, -0.2) is 0 Å². The molecule has 2 saturated heterocycles. The summed E-state index contributed by atoms with van der Waals surface area (Å²) in [5.41, 5.74) is 3.06. The van der Waals surface area contributed by atoms with Crippen LogP contribution in [-0.4, -0.2) is 50.2 Å². The van der Waals surface area contributed by atoms with Crippen LogP contribution in [-0.2, 0) is 9.47 Å². The third-order valence-electron chi connectivity index (χ3n) is 6.67. The zero-order chi connectivity index (χ0) is 18.6. The van der Waals surface area contributed by atoms with Crippen molar-refractivity contribution in [1.29, 1.82) is 0 Å². The van der Waals surface area contributed by atoms with Crippen LogP contribution in [0.15, 0.2) is 23.3 Å². The third kappa shape index (κ3) is 5.43. The minimum atomic E-state index is 0.0157. The normalized spacial score (nSPS) is 34.4. The number of piperidine rings is 1. The van der Waals surface area contributed by atoms with E-state index in [2.05, 4.69) is 40.0 Å². The van der Waals surface area contributed by atoms with Crippen LogP contribution < -0.4 is 0 Å². The Bertz CT molecular complexity index is 514. The van der Waals surface area contributed by atoms with Crippen LogP contribution in [0.2, 0.25) is 0 Å². The lowest BCUT2D eigenvalue weighted by Crippen LogP contribution is -2.52. The molecule has 4 atom stereocenters. The number of nitrogens with zero attached hydrogens (tertiary/aromatic N) is 1. The summed E-state index contributed by atoms with van der Waals surface area (Å²) in [6, 6.07) is 0. The molecular weight excluding hydrogens is 322 g/mol. The number of hydrogen-bond donors (Lipinski definition) is 0. The summed E-state index contributed by atoms with van der Waals surface area (Å²) < 4.78 is 13.7. The number of quaternary nitrogens is 1. The minimum absolute atomic E-state index is 0.0157. The summed E-state index contributed by atoms with van der Waals surface area (Å²) in [5.74, 6) is 1.18. The minimum Gasteiger partial charge on any atom is -0.349 e. The Morgan fingerprint density at radius 1 is 1.23 bits per heavy atom. The van der Waals surface area contributed by atoms with Crippen LogP contribution in [0, 0.1) is 11.8 Å². The predicted octanol–water partition coefficient (Wildman–Crippen LogP) is 5.08. The number of rotatable bonds is 6. The Morgan fingerprint density at radius 3 is 2.69 bits per heavy atom. The van der Waals surface area contributed by atoms with E-state index in [4.69, 9.17) is 9.47 Å². The maximum absolute atomic E-state index is 6.41. The first-order valence-electron chi connectivity index (χ1n) is 10.9. The molecule has 3 nitrogen and oxygen atoms in total. The third-order valence-corrected chi connectivity index (χ3v) is 6.67. The first-order chi connectivity index (χ1) is 12.5. The largest absolute Gasteiger partial charge is 0.349 e. The van der Waals surface area contributed by atoms with Crippen molar-refractivity contribution in [3.8, 4) is 0 Å². The summed E-state index contributed by atoms with van der Waals surface area (Å²) in [7, 11) is 2.40. The van der Waals surface area contributed by atoms with Gasteiger partial charge in [0.1, 0.15) is 12.6 Å². The van der Waals surface area contributed by atoms with Crippen molar-refractivity contribution < 1.29 is 14.0 Å². The highest BCUT2D eigenvalue weighted by molar-refractivity contribution is 5.10. The monoisotopic (exact) mass is 362 g/mol. The standard InChI is InChI=1S/C23H40NO2/c1-18(2)9-8-10-20-11-12-22(19(3)15-20)23-25-17-21(26-23)16-24(4)13-6-5-7-14-24/h9,11,19,21-23H,5-8,10,12-17H2,1-4H3/q+1/t19-,21-,22+,23+/m1/s1. The van der Waals surface area contributed by atoms with Gasteiger partial charge in [0, 0.05) is 5.92 Å². The smallest absolute Gasteiger partial charge is 0.161 e. The number of ether oxygens (including phenoxy) is 2. The molecule has 148 valence electrons. The van der Waals surface area contributed by atoms with E-state index in [0.717, 1.165) is 19.6 Å². The molecule has 3 rings (SSSR count). The molecule has 0 bridgehead atoms. The van der Waals surface area contributed by atoms with E-state index in [1.54, 1.807) is 5.57 Å². The molecule has 0 amide bonds. The zero-order valence-corrected chi connectivity index (χ0v) is 17.5. The van der Waals surface area contributed by atoms with Crippen LogP contribution in [0.3, 0.4) is 0 Å². The molecule has 0 unspecified atom stereocenters. The van der Waals surface area contributed by atoms with Crippen molar-refractivity contribution in [2.45, 2.75) is 78.1 Å². The summed E-state index contributed by atoms with van der Waals surface area (Å²) >= 11 is 0. The van der Waals surface area contributed by atoms with Crippen LogP contribution >= 0.6 is 0 Å². The van der Waals surface area contributed by atoms with Gasteiger partial charge in [-0.05, 0) is 64.7 Å². The van der Waals surface area contributed by atoms with Crippen molar-refractivity contribution in [1.82, 2.24) is 0 Å². The molecule has 1 aliphatic carbocycles. The van der Waals surface area contributed by atoms with Crippen LogP contribution in [0.5, 0.6) is 0 Å². The van der Waals surface area contributed by atoms with Gasteiger partial charge >= 0.3 is 0 Å². The first-order valence-corrected chi connectivity index (χ1v) is 10.9. The Morgan fingerprint density at radius 2 is 2.00 bits per heavy atom. The molecule has 0 spiro atoms. The van der Waals surface area contributed by atoms with Crippen molar-refractivity contribution in [2.75, 3.05) is 33.3 Å². The SMILES string of the molecule is CC(C)=CCCC1=CC[C@H]([C@H]2OC[C@@H](C[N+]3(C)CCCCC3)O2)[C@H](C)C1. The average molecular weight is 363 g/mol. The highest BCUT2D eigenvalue weighted by Crippen LogP contribution is 2.37. The van der Waals surface area contributed by atoms with E-state index in [-0.39, 0.29) is 6.29 Å². The second-order valence-electron chi connectivity index (χ2n) is 9.53. The van der Waals surface area contributed by atoms with E-state index in [1.165, 1.54) is 61.7 Å². The lowest BCUT2D eigenvalue weighted by Gasteiger charge is -2.39. The molecular formula is C23H40NO2+. The molecule has 0 aromatic heterocycles. The fourth-order valence-corrected chi connectivity index (χ4v) is 5.05. The van der Waals surface area contributed by atoms with Crippen LogP contribution in [0.4, 0.5) is 0 Å². The molecule has 0 radical (unpaired) electrons. The molecule has 26 heavy (non-hydrogen) atoms. The van der Waals surface area contributed by atoms with Gasteiger partial charge in [0.25, 0.3) is 0 Å². The van der Waals surface area contributed by atoms with Crippen LogP contribution in [0.1, 0.15) is 65.7 Å². The molecule has 3 heteroatoms. The number of likely N-dealkylation sites (N-methyl/N-ethyl adjacent to an activating group) is 1. The van der Waals surface area contributed by atoms with Gasteiger partial charge in [0.2, 0.25) is 0 Å². The van der Waals surface area contributed by atoms with Gasteiger partial charge in [-0.3, -0.25) is 0 Å². The van der Waals surface area contributed by atoms with Gasteiger partial charge in [-0.1, -0.05) is 30.2 Å². The van der Waals surface area contributed by atoms with Gasteiger partial charge in [-0.15, -0.1) is 0 Å². The van der Waals surface area contributed by atoms with E-state index >= 15 is 0 Å².